The number of benzene rings is 1. The van der Waals surface area contributed by atoms with E-state index in [0.717, 1.165) is 11.1 Å². The fourth-order valence-corrected chi connectivity index (χ4v) is 1.57. The van der Waals surface area contributed by atoms with Gasteiger partial charge in [0.25, 0.3) is 0 Å². The Kier molecular flexibility index (Phi) is 3.79. The van der Waals surface area contributed by atoms with Crippen LogP contribution < -0.4 is 5.32 Å². The van der Waals surface area contributed by atoms with Crippen LogP contribution in [0.2, 0.25) is 0 Å². The van der Waals surface area contributed by atoms with Crippen molar-refractivity contribution in [3.8, 4) is 0 Å². The number of carbonyl (C=O) groups excluding carboxylic acids is 1. The van der Waals surface area contributed by atoms with Crippen molar-refractivity contribution in [3.63, 3.8) is 0 Å². The number of nitrogens with one attached hydrogen (secondary N) is 1. The van der Waals surface area contributed by atoms with Gasteiger partial charge in [-0.1, -0.05) is 37.6 Å². The lowest BCUT2D eigenvalue weighted by Crippen LogP contribution is -2.44. The summed E-state index contributed by atoms with van der Waals surface area (Å²) in [4.78, 5) is 11.7. The first-order valence-corrected chi connectivity index (χ1v) is 5.44. The van der Waals surface area contributed by atoms with E-state index in [-0.39, 0.29) is 5.91 Å². The molecule has 2 nitrogen and oxygen atoms in total. The maximum absolute atomic E-state index is 11.7. The average molecular weight is 215 g/mol. The summed E-state index contributed by atoms with van der Waals surface area (Å²) < 4.78 is 0. The molecule has 0 fully saturated rings. The topological polar surface area (TPSA) is 29.1 Å². The molecule has 0 aromatic heterocycles. The first-order chi connectivity index (χ1) is 7.28. The van der Waals surface area contributed by atoms with Crippen molar-refractivity contribution in [3.05, 3.63) is 34.9 Å². The van der Waals surface area contributed by atoms with Gasteiger partial charge in [0.2, 0.25) is 5.91 Å². The summed E-state index contributed by atoms with van der Waals surface area (Å²) in [6.45, 7) is 7.57. The highest BCUT2D eigenvalue weighted by atomic mass is 16.1. The Bertz CT molecular complexity index is 393. The van der Waals surface area contributed by atoms with Gasteiger partial charge in [0, 0.05) is 0 Å². The van der Waals surface area contributed by atoms with Gasteiger partial charge < -0.3 is 5.32 Å². The van der Waals surface area contributed by atoms with E-state index in [1.807, 2.05) is 32.0 Å². The van der Waals surface area contributed by atoms with Gasteiger partial charge in [0.1, 0.15) is 7.85 Å². The molecule has 0 heterocycles. The number of hydrogen-bond donors (Lipinski definition) is 1. The third-order valence-electron chi connectivity index (χ3n) is 2.32. The van der Waals surface area contributed by atoms with E-state index in [2.05, 4.69) is 5.32 Å². The van der Waals surface area contributed by atoms with E-state index in [1.54, 1.807) is 13.8 Å². The molecule has 1 aromatic carbocycles. The molecule has 0 saturated heterocycles. The number of amides is 1. The lowest BCUT2D eigenvalue weighted by Gasteiger charge is -2.21. The zero-order chi connectivity index (χ0) is 12.3. The molecule has 3 heteroatoms. The Balaban J connectivity index is 2.73. The Hall–Kier alpha value is -1.25. The second-order valence-corrected chi connectivity index (χ2v) is 4.88. The molecule has 1 amide bonds. The molecule has 16 heavy (non-hydrogen) atoms. The van der Waals surface area contributed by atoms with Crippen molar-refractivity contribution >= 4 is 13.8 Å². The van der Waals surface area contributed by atoms with Crippen LogP contribution in [0, 0.1) is 13.8 Å². The fraction of sp³-hybridized carbons (Fsp3) is 0.462. The summed E-state index contributed by atoms with van der Waals surface area (Å²) >= 11 is 0. The van der Waals surface area contributed by atoms with E-state index >= 15 is 0 Å². The van der Waals surface area contributed by atoms with Gasteiger partial charge in [-0.3, -0.25) is 4.79 Å². The Labute approximate surface area is 98.8 Å². The summed E-state index contributed by atoms with van der Waals surface area (Å²) in [6, 6.07) is 6.12. The molecule has 0 saturated carbocycles. The van der Waals surface area contributed by atoms with E-state index in [4.69, 9.17) is 7.85 Å². The van der Waals surface area contributed by atoms with E-state index in [1.165, 1.54) is 5.56 Å². The van der Waals surface area contributed by atoms with Crippen LogP contribution in [0.3, 0.4) is 0 Å². The highest BCUT2D eigenvalue weighted by molar-refractivity contribution is 6.16. The quantitative estimate of drug-likeness (QED) is 0.766. The van der Waals surface area contributed by atoms with Crippen LogP contribution in [0.5, 0.6) is 0 Å². The molecule has 1 aromatic rings. The summed E-state index contributed by atoms with van der Waals surface area (Å²) in [5.74, 6) is -0.0406. The van der Waals surface area contributed by atoms with Gasteiger partial charge in [-0.15, -0.1) is 0 Å². The van der Waals surface area contributed by atoms with Crippen LogP contribution in [-0.2, 0) is 11.2 Å². The SMILES string of the molecule is [B]C(C)(C)NC(=O)Cc1cc(C)ccc1C. The number of hydrogen-bond acceptors (Lipinski definition) is 1. The summed E-state index contributed by atoms with van der Waals surface area (Å²) in [6.07, 6.45) is 0.383. The predicted molar refractivity (Wildman–Crippen MR) is 67.6 cm³/mol. The normalized spacial score (nSPS) is 11.2. The van der Waals surface area contributed by atoms with E-state index < -0.39 is 5.44 Å². The maximum Gasteiger partial charge on any atom is 0.224 e. The molecule has 0 bridgehead atoms. The minimum Gasteiger partial charge on any atom is -0.359 e. The molecule has 0 aliphatic heterocycles. The van der Waals surface area contributed by atoms with Crippen LogP contribution in [0.1, 0.15) is 30.5 Å². The van der Waals surface area contributed by atoms with Crippen molar-refractivity contribution in [2.45, 2.75) is 39.6 Å². The van der Waals surface area contributed by atoms with Crippen LogP contribution in [0.15, 0.2) is 18.2 Å². The predicted octanol–water partition coefficient (Wildman–Crippen LogP) is 1.87. The van der Waals surface area contributed by atoms with Crippen LogP contribution >= 0.6 is 0 Å². The van der Waals surface area contributed by atoms with Gasteiger partial charge in [-0.05, 0) is 30.4 Å². The lowest BCUT2D eigenvalue weighted by molar-refractivity contribution is -0.121. The Morgan fingerprint density at radius 1 is 1.38 bits per heavy atom. The zero-order valence-electron chi connectivity index (χ0n) is 10.4. The molecular formula is C13H18BNO. The van der Waals surface area contributed by atoms with Crippen molar-refractivity contribution < 1.29 is 4.79 Å². The van der Waals surface area contributed by atoms with Gasteiger partial charge in [-0.25, -0.2) is 0 Å². The summed E-state index contributed by atoms with van der Waals surface area (Å²) in [5, 5.41) is 2.75. The molecule has 0 spiro atoms. The smallest absolute Gasteiger partial charge is 0.224 e. The Morgan fingerprint density at radius 2 is 2.00 bits per heavy atom. The number of rotatable bonds is 3. The average Bonchev–Trinajstić information content (AvgIpc) is 2.08. The fourth-order valence-electron chi connectivity index (χ4n) is 1.57. The van der Waals surface area contributed by atoms with Crippen molar-refractivity contribution in [2.75, 3.05) is 0 Å². The third kappa shape index (κ3) is 4.09. The van der Waals surface area contributed by atoms with Gasteiger partial charge in [0.05, 0.1) is 6.42 Å². The zero-order valence-corrected chi connectivity index (χ0v) is 10.4. The molecule has 0 aliphatic rings. The van der Waals surface area contributed by atoms with Crippen LogP contribution in [0.25, 0.3) is 0 Å². The Morgan fingerprint density at radius 3 is 2.56 bits per heavy atom. The molecule has 0 aliphatic carbocycles. The number of carbonyl (C=O) groups is 1. The minimum atomic E-state index is -0.658. The second kappa shape index (κ2) is 4.73. The largest absolute Gasteiger partial charge is 0.359 e. The summed E-state index contributed by atoms with van der Waals surface area (Å²) in [5.41, 5.74) is 2.70. The molecule has 1 rings (SSSR count). The first-order valence-electron chi connectivity index (χ1n) is 5.44. The highest BCUT2D eigenvalue weighted by Gasteiger charge is 2.14. The molecule has 0 unspecified atom stereocenters. The van der Waals surface area contributed by atoms with Gasteiger partial charge in [-0.2, -0.15) is 0 Å². The van der Waals surface area contributed by atoms with Crippen LogP contribution in [-0.4, -0.2) is 19.2 Å². The van der Waals surface area contributed by atoms with Crippen molar-refractivity contribution in [1.29, 1.82) is 0 Å². The minimum absolute atomic E-state index is 0.0406. The monoisotopic (exact) mass is 215 g/mol. The molecule has 0 atom stereocenters. The van der Waals surface area contributed by atoms with Crippen LogP contribution in [0.4, 0.5) is 0 Å². The first kappa shape index (κ1) is 12.8. The molecule has 2 radical (unpaired) electrons. The van der Waals surface area contributed by atoms with E-state index in [9.17, 15) is 4.79 Å². The molecule has 84 valence electrons. The van der Waals surface area contributed by atoms with Gasteiger partial charge in [0.15, 0.2) is 0 Å². The standard InChI is InChI=1S/C13H18BNO/c1-9-5-6-10(2)11(7-9)8-12(16)15-13(3,4)14/h5-7H,8H2,1-4H3,(H,15,16). The van der Waals surface area contributed by atoms with Crippen molar-refractivity contribution in [1.82, 2.24) is 5.32 Å². The van der Waals surface area contributed by atoms with Crippen molar-refractivity contribution in [2.24, 2.45) is 0 Å². The maximum atomic E-state index is 11.7. The van der Waals surface area contributed by atoms with Gasteiger partial charge >= 0.3 is 0 Å². The summed E-state index contributed by atoms with van der Waals surface area (Å²) in [7, 11) is 5.73. The molecular weight excluding hydrogens is 197 g/mol. The molecule has 1 N–H and O–H groups in total. The second-order valence-electron chi connectivity index (χ2n) is 4.88. The lowest BCUT2D eigenvalue weighted by atomic mass is 9.81. The van der Waals surface area contributed by atoms with E-state index in [0.29, 0.717) is 6.42 Å². The highest BCUT2D eigenvalue weighted by Crippen LogP contribution is 2.11. The third-order valence-corrected chi connectivity index (χ3v) is 2.32. The number of aryl methyl sites for hydroxylation is 2.